The number of benzene rings is 1. The van der Waals surface area contributed by atoms with E-state index in [1.54, 1.807) is 7.11 Å². The minimum atomic E-state index is -1.97. The third-order valence-electron chi connectivity index (χ3n) is 4.55. The van der Waals surface area contributed by atoms with Gasteiger partial charge < -0.3 is 15.4 Å². The molecule has 2 fully saturated rings. The van der Waals surface area contributed by atoms with E-state index in [0.29, 0.717) is 10.9 Å². The standard InChI is InChI=1S/C16H25N3O2S/c1-21-16-11-13(3-6-15(16)17)19-9-7-12(8-10-19)18-22(2,20)14-4-5-14/h3,6,11-12,14H,4-5,7-10,17H2,1-2H3. The molecule has 1 saturated carbocycles. The quantitative estimate of drug-likeness (QED) is 0.865. The summed E-state index contributed by atoms with van der Waals surface area (Å²) in [6.07, 6.45) is 5.93. The fraction of sp³-hybridized carbons (Fsp3) is 0.625. The molecule has 22 heavy (non-hydrogen) atoms. The summed E-state index contributed by atoms with van der Waals surface area (Å²) in [5.41, 5.74) is 7.65. The lowest BCUT2D eigenvalue weighted by Crippen LogP contribution is -2.35. The summed E-state index contributed by atoms with van der Waals surface area (Å²) in [6.45, 7) is 1.86. The van der Waals surface area contributed by atoms with Crippen molar-refractivity contribution in [2.24, 2.45) is 4.36 Å². The van der Waals surface area contributed by atoms with E-state index in [1.165, 1.54) is 0 Å². The van der Waals surface area contributed by atoms with Gasteiger partial charge in [0.2, 0.25) is 0 Å². The van der Waals surface area contributed by atoms with Gasteiger partial charge in [0, 0.05) is 46.1 Å². The maximum Gasteiger partial charge on any atom is 0.143 e. The van der Waals surface area contributed by atoms with Crippen molar-refractivity contribution < 1.29 is 8.95 Å². The number of nitrogens with zero attached hydrogens (tertiary/aromatic N) is 2. The highest BCUT2D eigenvalue weighted by molar-refractivity contribution is 7.93. The van der Waals surface area contributed by atoms with Gasteiger partial charge in [-0.25, -0.2) is 8.57 Å². The number of piperidine rings is 1. The smallest absolute Gasteiger partial charge is 0.143 e. The number of anilines is 2. The Labute approximate surface area is 133 Å². The van der Waals surface area contributed by atoms with Crippen LogP contribution < -0.4 is 15.4 Å². The van der Waals surface area contributed by atoms with Crippen LogP contribution in [0.1, 0.15) is 25.7 Å². The van der Waals surface area contributed by atoms with E-state index >= 15 is 0 Å². The first-order valence-corrected chi connectivity index (χ1v) is 9.87. The van der Waals surface area contributed by atoms with Crippen molar-refractivity contribution in [3.05, 3.63) is 18.2 Å². The molecule has 0 amide bonds. The van der Waals surface area contributed by atoms with Gasteiger partial charge in [-0.2, -0.15) is 0 Å². The number of hydrogen-bond donors (Lipinski definition) is 1. The third kappa shape index (κ3) is 3.32. The van der Waals surface area contributed by atoms with Crippen molar-refractivity contribution >= 4 is 21.1 Å². The van der Waals surface area contributed by atoms with E-state index in [9.17, 15) is 4.21 Å². The number of rotatable bonds is 4. The summed E-state index contributed by atoms with van der Waals surface area (Å²) in [6, 6.07) is 6.14. The summed E-state index contributed by atoms with van der Waals surface area (Å²) in [5, 5.41) is 0.354. The Morgan fingerprint density at radius 3 is 2.55 bits per heavy atom. The molecule has 2 N–H and O–H groups in total. The van der Waals surface area contributed by atoms with E-state index in [1.807, 2.05) is 24.5 Å². The fourth-order valence-corrected chi connectivity index (χ4v) is 5.00. The van der Waals surface area contributed by atoms with Gasteiger partial charge in [-0.15, -0.1) is 0 Å². The lowest BCUT2D eigenvalue weighted by Gasteiger charge is -2.32. The molecule has 6 heteroatoms. The first kappa shape index (κ1) is 15.5. The van der Waals surface area contributed by atoms with Crippen molar-refractivity contribution in [1.29, 1.82) is 0 Å². The molecule has 1 atom stereocenters. The Balaban J connectivity index is 1.65. The van der Waals surface area contributed by atoms with Crippen LogP contribution in [0.5, 0.6) is 5.75 Å². The number of hydrogen-bond acceptors (Lipinski definition) is 5. The zero-order valence-electron chi connectivity index (χ0n) is 13.3. The second kappa shape index (κ2) is 5.99. The van der Waals surface area contributed by atoms with Crippen molar-refractivity contribution in [2.75, 3.05) is 37.1 Å². The molecule has 0 bridgehead atoms. The van der Waals surface area contributed by atoms with Gasteiger partial charge in [-0.3, -0.25) is 0 Å². The van der Waals surface area contributed by atoms with Gasteiger partial charge in [0.1, 0.15) is 5.75 Å². The molecule has 1 saturated heterocycles. The van der Waals surface area contributed by atoms with Crippen molar-refractivity contribution in [3.8, 4) is 5.75 Å². The Bertz CT molecular complexity index is 655. The number of nitrogens with two attached hydrogens (primary N) is 1. The molecule has 122 valence electrons. The molecule has 1 aromatic rings. The molecular weight excluding hydrogens is 298 g/mol. The van der Waals surface area contributed by atoms with Crippen LogP contribution in [0.4, 0.5) is 11.4 Å². The lowest BCUT2D eigenvalue weighted by molar-refractivity contribution is 0.416. The third-order valence-corrected chi connectivity index (χ3v) is 6.97. The fourth-order valence-electron chi connectivity index (χ4n) is 3.01. The van der Waals surface area contributed by atoms with Crippen LogP contribution in [-0.4, -0.2) is 42.0 Å². The van der Waals surface area contributed by atoms with E-state index in [0.717, 1.165) is 50.2 Å². The van der Waals surface area contributed by atoms with E-state index in [-0.39, 0.29) is 6.04 Å². The monoisotopic (exact) mass is 323 g/mol. The van der Waals surface area contributed by atoms with Crippen LogP contribution in [0.25, 0.3) is 0 Å². The number of nitrogen functional groups attached to an aromatic ring is 1. The Kier molecular flexibility index (Phi) is 4.21. The van der Waals surface area contributed by atoms with Crippen molar-refractivity contribution in [2.45, 2.75) is 37.0 Å². The Hall–Kier alpha value is -1.43. The van der Waals surface area contributed by atoms with Crippen LogP contribution in [0.15, 0.2) is 22.6 Å². The average Bonchev–Trinajstić information content (AvgIpc) is 3.33. The highest BCUT2D eigenvalue weighted by Gasteiger charge is 2.31. The minimum absolute atomic E-state index is 0.241. The molecule has 3 rings (SSSR count). The van der Waals surface area contributed by atoms with Crippen molar-refractivity contribution in [3.63, 3.8) is 0 Å². The van der Waals surface area contributed by atoms with Gasteiger partial charge in [0.25, 0.3) is 0 Å². The van der Waals surface area contributed by atoms with Crippen LogP contribution in [0.2, 0.25) is 0 Å². The van der Waals surface area contributed by atoms with Crippen LogP contribution in [0.3, 0.4) is 0 Å². The molecule has 1 heterocycles. The van der Waals surface area contributed by atoms with E-state index < -0.39 is 9.73 Å². The van der Waals surface area contributed by atoms with Gasteiger partial charge in [-0.1, -0.05) is 0 Å². The SMILES string of the molecule is COc1cc(N2CCC(N=S(C)(=O)C3CC3)CC2)ccc1N. The number of methoxy groups -OCH3 is 1. The maximum absolute atomic E-state index is 12.5. The van der Waals surface area contributed by atoms with E-state index in [4.69, 9.17) is 10.5 Å². The van der Waals surface area contributed by atoms with Gasteiger partial charge in [-0.05, 0) is 37.8 Å². The Morgan fingerprint density at radius 2 is 1.95 bits per heavy atom. The molecule has 1 aliphatic carbocycles. The van der Waals surface area contributed by atoms with Gasteiger partial charge >= 0.3 is 0 Å². The highest BCUT2D eigenvalue weighted by atomic mass is 32.2. The zero-order chi connectivity index (χ0) is 15.7. The first-order valence-electron chi connectivity index (χ1n) is 7.88. The molecular formula is C16H25N3O2S. The molecule has 0 radical (unpaired) electrons. The van der Waals surface area contributed by atoms with Crippen LogP contribution >= 0.6 is 0 Å². The molecule has 0 aromatic heterocycles. The second-order valence-corrected chi connectivity index (χ2v) is 8.91. The summed E-state index contributed by atoms with van der Waals surface area (Å²) in [5.74, 6) is 0.717. The molecule has 5 nitrogen and oxygen atoms in total. The zero-order valence-corrected chi connectivity index (χ0v) is 14.1. The van der Waals surface area contributed by atoms with Gasteiger partial charge in [0.15, 0.2) is 0 Å². The minimum Gasteiger partial charge on any atom is -0.495 e. The normalized spacial score (nSPS) is 22.2. The highest BCUT2D eigenvalue weighted by Crippen LogP contribution is 2.32. The lowest BCUT2D eigenvalue weighted by atomic mass is 10.1. The molecule has 0 spiro atoms. The molecule has 1 aliphatic heterocycles. The first-order chi connectivity index (χ1) is 10.5. The molecule has 2 aliphatic rings. The summed E-state index contributed by atoms with van der Waals surface area (Å²) >= 11 is 0. The van der Waals surface area contributed by atoms with Gasteiger partial charge in [0.05, 0.1) is 18.8 Å². The number of ether oxygens (including phenoxy) is 1. The van der Waals surface area contributed by atoms with E-state index in [2.05, 4.69) is 9.26 Å². The average molecular weight is 323 g/mol. The Morgan fingerprint density at radius 1 is 1.27 bits per heavy atom. The van der Waals surface area contributed by atoms with Crippen molar-refractivity contribution in [1.82, 2.24) is 0 Å². The summed E-state index contributed by atoms with van der Waals surface area (Å²) < 4.78 is 22.4. The molecule has 1 aromatic carbocycles. The maximum atomic E-state index is 12.5. The topological polar surface area (TPSA) is 67.9 Å². The van der Waals surface area contributed by atoms with Crippen LogP contribution in [0, 0.1) is 0 Å². The summed E-state index contributed by atoms with van der Waals surface area (Å²) in [4.78, 5) is 2.32. The summed E-state index contributed by atoms with van der Waals surface area (Å²) in [7, 11) is -0.330. The largest absolute Gasteiger partial charge is 0.495 e. The predicted molar refractivity (Wildman–Crippen MR) is 92.2 cm³/mol. The molecule has 1 unspecified atom stereocenters. The van der Waals surface area contributed by atoms with Crippen LogP contribution in [-0.2, 0) is 9.73 Å². The second-order valence-electron chi connectivity index (χ2n) is 6.31. The predicted octanol–water partition coefficient (Wildman–Crippen LogP) is 2.51.